The molecule has 0 unspecified atom stereocenters. The summed E-state index contributed by atoms with van der Waals surface area (Å²) in [6.45, 7) is 5.68. The highest BCUT2D eigenvalue weighted by Gasteiger charge is 2.17. The minimum absolute atomic E-state index is 0.0406. The fourth-order valence-electron chi connectivity index (χ4n) is 1.73. The lowest BCUT2D eigenvalue weighted by Gasteiger charge is -2.15. The van der Waals surface area contributed by atoms with Crippen molar-refractivity contribution in [1.82, 2.24) is 5.32 Å². The van der Waals surface area contributed by atoms with E-state index in [1.165, 1.54) is 0 Å². The quantitative estimate of drug-likeness (QED) is 0.732. The zero-order valence-corrected chi connectivity index (χ0v) is 12.3. The first kappa shape index (κ1) is 16.2. The molecule has 110 valence electrons. The maximum Gasteiger partial charge on any atom is 0.243 e. The number of nitrogens with two attached hydrogens (primary N) is 1. The summed E-state index contributed by atoms with van der Waals surface area (Å²) in [5.74, 6) is -0.520. The first-order valence-corrected chi connectivity index (χ1v) is 6.86. The maximum absolute atomic E-state index is 11.8. The highest BCUT2D eigenvalue weighted by molar-refractivity contribution is 5.95. The number of rotatable bonds is 6. The molecule has 2 amide bonds. The Labute approximate surface area is 119 Å². The van der Waals surface area contributed by atoms with Crippen molar-refractivity contribution in [3.05, 3.63) is 29.8 Å². The highest BCUT2D eigenvalue weighted by Crippen LogP contribution is 2.14. The molecule has 0 aliphatic carbocycles. The second-order valence-electron chi connectivity index (χ2n) is 5.05. The van der Waals surface area contributed by atoms with E-state index in [1.807, 2.05) is 45.0 Å². The van der Waals surface area contributed by atoms with Crippen molar-refractivity contribution >= 4 is 17.5 Å². The molecule has 1 aromatic carbocycles. The molecule has 1 aromatic rings. The Morgan fingerprint density at radius 3 is 2.50 bits per heavy atom. The van der Waals surface area contributed by atoms with E-state index in [9.17, 15) is 9.59 Å². The molecule has 1 atom stereocenters. The first-order valence-electron chi connectivity index (χ1n) is 6.86. The van der Waals surface area contributed by atoms with Crippen LogP contribution >= 0.6 is 0 Å². The molecule has 20 heavy (non-hydrogen) atoms. The monoisotopic (exact) mass is 277 g/mol. The van der Waals surface area contributed by atoms with Gasteiger partial charge in [0.25, 0.3) is 0 Å². The number of anilines is 1. The Hall–Kier alpha value is -1.88. The third kappa shape index (κ3) is 4.66. The molecule has 5 nitrogen and oxygen atoms in total. The van der Waals surface area contributed by atoms with Crippen molar-refractivity contribution in [1.29, 1.82) is 0 Å². The van der Waals surface area contributed by atoms with Crippen LogP contribution in [0, 0.1) is 5.92 Å². The van der Waals surface area contributed by atoms with Crippen LogP contribution in [0.4, 0.5) is 5.69 Å². The lowest BCUT2D eigenvalue weighted by molar-refractivity contribution is -0.125. The van der Waals surface area contributed by atoms with E-state index >= 15 is 0 Å². The minimum Gasteiger partial charge on any atom is -0.346 e. The molecule has 1 rings (SSSR count). The van der Waals surface area contributed by atoms with Crippen LogP contribution in [0.25, 0.3) is 0 Å². The summed E-state index contributed by atoms with van der Waals surface area (Å²) >= 11 is 0. The van der Waals surface area contributed by atoms with Crippen LogP contribution in [0.5, 0.6) is 0 Å². The number of hydrogen-bond donors (Lipinski definition) is 3. The number of amides is 2. The summed E-state index contributed by atoms with van der Waals surface area (Å²) in [5.41, 5.74) is 7.54. The van der Waals surface area contributed by atoms with Gasteiger partial charge in [0.1, 0.15) is 0 Å². The third-order valence-electron chi connectivity index (χ3n) is 3.12. The second-order valence-corrected chi connectivity index (χ2v) is 5.05. The molecule has 0 heterocycles. The zero-order chi connectivity index (χ0) is 15.1. The molecule has 4 N–H and O–H groups in total. The number of aryl methyl sites for hydroxylation is 1. The van der Waals surface area contributed by atoms with Crippen molar-refractivity contribution in [2.24, 2.45) is 11.7 Å². The Morgan fingerprint density at radius 2 is 1.90 bits per heavy atom. The molecule has 5 heteroatoms. The second kappa shape index (κ2) is 7.65. The van der Waals surface area contributed by atoms with Gasteiger partial charge < -0.3 is 16.4 Å². The van der Waals surface area contributed by atoms with Gasteiger partial charge in [-0.25, -0.2) is 0 Å². The van der Waals surface area contributed by atoms with Crippen molar-refractivity contribution in [3.63, 3.8) is 0 Å². The molecule has 0 bridgehead atoms. The Balaban J connectivity index is 2.50. The molecular weight excluding hydrogens is 254 g/mol. The lowest BCUT2D eigenvalue weighted by atomic mass is 10.1. The molecule has 0 saturated carbocycles. The smallest absolute Gasteiger partial charge is 0.243 e. The van der Waals surface area contributed by atoms with Gasteiger partial charge in [-0.3, -0.25) is 9.59 Å². The summed E-state index contributed by atoms with van der Waals surface area (Å²) in [4.78, 5) is 23.5. The molecule has 0 aromatic heterocycles. The average Bonchev–Trinajstić information content (AvgIpc) is 2.44. The third-order valence-corrected chi connectivity index (χ3v) is 3.12. The SMILES string of the molecule is CCc1ccccc1NC(=O)CNC(=O)[C@@H](N)C(C)C. The molecular formula is C15H23N3O2. The van der Waals surface area contributed by atoms with E-state index in [2.05, 4.69) is 10.6 Å². The molecule has 0 fully saturated rings. The normalized spacial score (nSPS) is 12.1. The summed E-state index contributed by atoms with van der Waals surface area (Å²) in [6.07, 6.45) is 0.834. The average molecular weight is 277 g/mol. The van der Waals surface area contributed by atoms with Gasteiger partial charge in [-0.2, -0.15) is 0 Å². The van der Waals surface area contributed by atoms with E-state index < -0.39 is 6.04 Å². The predicted octanol–water partition coefficient (Wildman–Crippen LogP) is 1.29. The Bertz CT molecular complexity index is 472. The van der Waals surface area contributed by atoms with Crippen molar-refractivity contribution < 1.29 is 9.59 Å². The summed E-state index contributed by atoms with van der Waals surface area (Å²) in [7, 11) is 0. The van der Waals surface area contributed by atoms with Crippen LogP contribution in [0.3, 0.4) is 0 Å². The van der Waals surface area contributed by atoms with Gasteiger partial charge in [0, 0.05) is 5.69 Å². The van der Waals surface area contributed by atoms with Crippen LogP contribution in [0.2, 0.25) is 0 Å². The lowest BCUT2D eigenvalue weighted by Crippen LogP contribution is -2.46. The van der Waals surface area contributed by atoms with Gasteiger partial charge in [-0.1, -0.05) is 39.0 Å². The minimum atomic E-state index is -0.592. The summed E-state index contributed by atoms with van der Waals surface area (Å²) in [5, 5.41) is 5.34. The number of para-hydroxylation sites is 1. The zero-order valence-electron chi connectivity index (χ0n) is 12.3. The van der Waals surface area contributed by atoms with Crippen molar-refractivity contribution in [3.8, 4) is 0 Å². The summed E-state index contributed by atoms with van der Waals surface area (Å²) < 4.78 is 0. The van der Waals surface area contributed by atoms with Gasteiger partial charge in [-0.05, 0) is 24.0 Å². The topological polar surface area (TPSA) is 84.2 Å². The summed E-state index contributed by atoms with van der Waals surface area (Å²) in [6, 6.07) is 7.01. The molecule has 0 aliphatic rings. The number of benzene rings is 1. The first-order chi connectivity index (χ1) is 9.45. The van der Waals surface area contributed by atoms with Gasteiger partial charge >= 0.3 is 0 Å². The fourth-order valence-corrected chi connectivity index (χ4v) is 1.73. The number of carbonyl (C=O) groups is 2. The van der Waals surface area contributed by atoms with Crippen LogP contribution in [0.1, 0.15) is 26.3 Å². The molecule has 0 saturated heterocycles. The van der Waals surface area contributed by atoms with Crippen LogP contribution in [0.15, 0.2) is 24.3 Å². The number of carbonyl (C=O) groups excluding carboxylic acids is 2. The molecule has 0 spiro atoms. The standard InChI is InChI=1S/C15H23N3O2/c1-4-11-7-5-6-8-12(11)18-13(19)9-17-15(20)14(16)10(2)3/h5-8,10,14H,4,9,16H2,1-3H3,(H,17,20)(H,18,19)/t14-/m0/s1. The number of nitrogens with one attached hydrogen (secondary N) is 2. The van der Waals surface area contributed by atoms with Crippen LogP contribution in [-0.2, 0) is 16.0 Å². The van der Waals surface area contributed by atoms with Crippen molar-refractivity contribution in [2.75, 3.05) is 11.9 Å². The fraction of sp³-hybridized carbons (Fsp3) is 0.467. The van der Waals surface area contributed by atoms with Crippen LogP contribution < -0.4 is 16.4 Å². The van der Waals surface area contributed by atoms with Crippen LogP contribution in [-0.4, -0.2) is 24.4 Å². The van der Waals surface area contributed by atoms with Crippen molar-refractivity contribution in [2.45, 2.75) is 33.2 Å². The molecule has 0 radical (unpaired) electrons. The molecule has 0 aliphatic heterocycles. The maximum atomic E-state index is 11.8. The van der Waals surface area contributed by atoms with E-state index in [0.29, 0.717) is 0 Å². The van der Waals surface area contributed by atoms with Gasteiger partial charge in [0.15, 0.2) is 0 Å². The van der Waals surface area contributed by atoms with E-state index in [0.717, 1.165) is 17.7 Å². The van der Waals surface area contributed by atoms with E-state index in [4.69, 9.17) is 5.73 Å². The largest absolute Gasteiger partial charge is 0.346 e. The van der Waals surface area contributed by atoms with E-state index in [1.54, 1.807) is 0 Å². The highest BCUT2D eigenvalue weighted by atomic mass is 16.2. The Morgan fingerprint density at radius 1 is 1.25 bits per heavy atom. The Kier molecular flexibility index (Phi) is 6.18. The number of hydrogen-bond acceptors (Lipinski definition) is 3. The van der Waals surface area contributed by atoms with Gasteiger partial charge in [0.2, 0.25) is 11.8 Å². The van der Waals surface area contributed by atoms with E-state index in [-0.39, 0.29) is 24.3 Å². The van der Waals surface area contributed by atoms with Gasteiger partial charge in [0.05, 0.1) is 12.6 Å². The van der Waals surface area contributed by atoms with Gasteiger partial charge in [-0.15, -0.1) is 0 Å². The predicted molar refractivity (Wildman–Crippen MR) is 80.3 cm³/mol.